The van der Waals surface area contributed by atoms with E-state index in [0.717, 1.165) is 38.4 Å². The van der Waals surface area contributed by atoms with E-state index < -0.39 is 0 Å². The van der Waals surface area contributed by atoms with Gasteiger partial charge in [0, 0.05) is 25.7 Å². The first kappa shape index (κ1) is 15.9. The number of hydrogen-bond acceptors (Lipinski definition) is 3. The van der Waals surface area contributed by atoms with Crippen LogP contribution in [0.25, 0.3) is 0 Å². The molecule has 2 heterocycles. The van der Waals surface area contributed by atoms with Crippen LogP contribution in [0.5, 0.6) is 0 Å². The summed E-state index contributed by atoms with van der Waals surface area (Å²) in [5.74, 6) is 0.584. The number of halogens is 2. The van der Waals surface area contributed by atoms with Gasteiger partial charge in [-0.15, -0.1) is 12.4 Å². The molecule has 0 radical (unpaired) electrons. The maximum Gasteiger partial charge on any atom is 0.125 e. The van der Waals surface area contributed by atoms with Gasteiger partial charge in [-0.3, -0.25) is 0 Å². The van der Waals surface area contributed by atoms with E-state index in [-0.39, 0.29) is 18.2 Å². The number of benzene rings is 1. The van der Waals surface area contributed by atoms with Gasteiger partial charge in [-0.1, -0.05) is 0 Å². The second kappa shape index (κ2) is 6.63. The van der Waals surface area contributed by atoms with Crippen molar-refractivity contribution in [3.8, 4) is 0 Å². The van der Waals surface area contributed by atoms with Gasteiger partial charge in [-0.2, -0.15) is 0 Å². The number of anilines is 2. The highest BCUT2D eigenvalue weighted by atomic mass is 35.5. The van der Waals surface area contributed by atoms with E-state index in [1.165, 1.54) is 31.4 Å². The molecule has 0 aromatic heterocycles. The molecule has 0 amide bonds. The van der Waals surface area contributed by atoms with Gasteiger partial charge in [0.1, 0.15) is 5.82 Å². The molecule has 1 N–H and O–H groups in total. The molecule has 1 saturated heterocycles. The van der Waals surface area contributed by atoms with Crippen molar-refractivity contribution in [2.45, 2.75) is 31.7 Å². The van der Waals surface area contributed by atoms with Gasteiger partial charge in [-0.25, -0.2) is 4.39 Å². The predicted octanol–water partition coefficient (Wildman–Crippen LogP) is 3.04. The molecule has 2 aliphatic heterocycles. The first-order valence-electron chi connectivity index (χ1n) is 8.33. The number of fused-ring (bicyclic) bond motifs is 1. The lowest BCUT2D eigenvalue weighted by atomic mass is 9.98. The summed E-state index contributed by atoms with van der Waals surface area (Å²) >= 11 is 0. The van der Waals surface area contributed by atoms with Crippen molar-refractivity contribution in [1.82, 2.24) is 5.32 Å². The SMILES string of the molecule is Cl.Fc1ccc2c(c1)N(CC1CCCNC1)CCN2C1CC1. The van der Waals surface area contributed by atoms with Crippen molar-refractivity contribution >= 4 is 23.8 Å². The summed E-state index contributed by atoms with van der Waals surface area (Å²) in [6.07, 6.45) is 5.15. The van der Waals surface area contributed by atoms with E-state index in [0.29, 0.717) is 12.0 Å². The first-order valence-corrected chi connectivity index (χ1v) is 8.33. The third kappa shape index (κ3) is 3.18. The van der Waals surface area contributed by atoms with E-state index in [2.05, 4.69) is 15.1 Å². The lowest BCUT2D eigenvalue weighted by Gasteiger charge is -2.41. The molecule has 0 bridgehead atoms. The van der Waals surface area contributed by atoms with Crippen molar-refractivity contribution in [3.63, 3.8) is 0 Å². The number of piperidine rings is 1. The number of rotatable bonds is 3. The molecule has 22 heavy (non-hydrogen) atoms. The number of nitrogens with one attached hydrogen (secondary N) is 1. The Balaban J connectivity index is 0.00000144. The molecule has 1 aromatic rings. The number of nitrogens with zero attached hydrogens (tertiary/aromatic N) is 2. The van der Waals surface area contributed by atoms with Crippen LogP contribution in [-0.2, 0) is 0 Å². The van der Waals surface area contributed by atoms with Crippen molar-refractivity contribution in [2.24, 2.45) is 5.92 Å². The fourth-order valence-corrected chi connectivity index (χ4v) is 3.81. The molecule has 5 heteroatoms. The summed E-state index contributed by atoms with van der Waals surface area (Å²) < 4.78 is 13.7. The molecule has 4 rings (SSSR count). The van der Waals surface area contributed by atoms with E-state index in [4.69, 9.17) is 0 Å². The minimum Gasteiger partial charge on any atom is -0.368 e. The lowest BCUT2D eigenvalue weighted by Crippen LogP contribution is -2.46. The second-order valence-corrected chi connectivity index (χ2v) is 6.72. The molecule has 1 aromatic carbocycles. The van der Waals surface area contributed by atoms with Crippen LogP contribution in [0.3, 0.4) is 0 Å². The van der Waals surface area contributed by atoms with E-state index in [9.17, 15) is 4.39 Å². The highest BCUT2D eigenvalue weighted by Gasteiger charge is 2.34. The molecule has 122 valence electrons. The van der Waals surface area contributed by atoms with Gasteiger partial charge in [0.2, 0.25) is 0 Å². The average Bonchev–Trinajstić information content (AvgIpc) is 3.33. The Morgan fingerprint density at radius 3 is 2.73 bits per heavy atom. The normalized spacial score (nSPS) is 24.7. The minimum absolute atomic E-state index is 0. The summed E-state index contributed by atoms with van der Waals surface area (Å²) in [6, 6.07) is 6.03. The molecular weight excluding hydrogens is 301 g/mol. The molecule has 1 aliphatic carbocycles. The highest BCUT2D eigenvalue weighted by Crippen LogP contribution is 2.40. The van der Waals surface area contributed by atoms with Crippen LogP contribution in [0.15, 0.2) is 18.2 Å². The van der Waals surface area contributed by atoms with Crippen LogP contribution in [0, 0.1) is 11.7 Å². The van der Waals surface area contributed by atoms with Gasteiger partial charge in [0.25, 0.3) is 0 Å². The third-order valence-electron chi connectivity index (χ3n) is 5.06. The smallest absolute Gasteiger partial charge is 0.125 e. The van der Waals surface area contributed by atoms with Crippen molar-refractivity contribution in [1.29, 1.82) is 0 Å². The topological polar surface area (TPSA) is 18.5 Å². The zero-order valence-corrected chi connectivity index (χ0v) is 13.7. The quantitative estimate of drug-likeness (QED) is 0.921. The Labute approximate surface area is 138 Å². The van der Waals surface area contributed by atoms with Gasteiger partial charge >= 0.3 is 0 Å². The third-order valence-corrected chi connectivity index (χ3v) is 5.06. The first-order chi connectivity index (χ1) is 10.3. The molecule has 0 spiro atoms. The van der Waals surface area contributed by atoms with E-state index in [1.54, 1.807) is 12.1 Å². The Kier molecular flexibility index (Phi) is 4.79. The molecule has 3 aliphatic rings. The second-order valence-electron chi connectivity index (χ2n) is 6.72. The number of hydrogen-bond donors (Lipinski definition) is 1. The Hall–Kier alpha value is -1.00. The van der Waals surface area contributed by atoms with Gasteiger partial charge in [0.15, 0.2) is 0 Å². The molecule has 1 saturated carbocycles. The fraction of sp³-hybridized carbons (Fsp3) is 0.647. The largest absolute Gasteiger partial charge is 0.368 e. The summed E-state index contributed by atoms with van der Waals surface area (Å²) in [6.45, 7) is 5.43. The van der Waals surface area contributed by atoms with Gasteiger partial charge in [-0.05, 0) is 62.9 Å². The van der Waals surface area contributed by atoms with Crippen LogP contribution in [0.1, 0.15) is 25.7 Å². The molecule has 1 unspecified atom stereocenters. The van der Waals surface area contributed by atoms with Crippen molar-refractivity contribution < 1.29 is 4.39 Å². The molecule has 3 nitrogen and oxygen atoms in total. The highest BCUT2D eigenvalue weighted by molar-refractivity contribution is 5.85. The van der Waals surface area contributed by atoms with Gasteiger partial charge in [0.05, 0.1) is 11.4 Å². The monoisotopic (exact) mass is 325 g/mol. The molecular formula is C17H25ClFN3. The maximum absolute atomic E-state index is 13.7. The minimum atomic E-state index is -0.113. The fourth-order valence-electron chi connectivity index (χ4n) is 3.81. The van der Waals surface area contributed by atoms with Crippen LogP contribution < -0.4 is 15.1 Å². The van der Waals surface area contributed by atoms with E-state index >= 15 is 0 Å². The summed E-state index contributed by atoms with van der Waals surface area (Å²) in [5, 5.41) is 3.49. The van der Waals surface area contributed by atoms with Crippen LogP contribution in [0.2, 0.25) is 0 Å². The van der Waals surface area contributed by atoms with Crippen molar-refractivity contribution in [3.05, 3.63) is 24.0 Å². The van der Waals surface area contributed by atoms with E-state index in [1.807, 2.05) is 6.07 Å². The van der Waals surface area contributed by atoms with Crippen molar-refractivity contribution in [2.75, 3.05) is 42.5 Å². The average molecular weight is 326 g/mol. The Bertz CT molecular complexity index is 515. The van der Waals surface area contributed by atoms with Crippen LogP contribution in [-0.4, -0.2) is 38.8 Å². The predicted molar refractivity (Wildman–Crippen MR) is 91.8 cm³/mol. The lowest BCUT2D eigenvalue weighted by molar-refractivity contribution is 0.375. The van der Waals surface area contributed by atoms with Crippen LogP contribution >= 0.6 is 12.4 Å². The maximum atomic E-state index is 13.7. The summed E-state index contributed by atoms with van der Waals surface area (Å²) in [4.78, 5) is 4.90. The Morgan fingerprint density at radius 1 is 1.14 bits per heavy atom. The molecule has 1 atom stereocenters. The molecule has 2 fully saturated rings. The van der Waals surface area contributed by atoms with Gasteiger partial charge < -0.3 is 15.1 Å². The summed E-state index contributed by atoms with van der Waals surface area (Å²) in [7, 11) is 0. The Morgan fingerprint density at radius 2 is 2.00 bits per heavy atom. The summed E-state index contributed by atoms with van der Waals surface area (Å²) in [5.41, 5.74) is 2.35. The standard InChI is InChI=1S/C17H24FN3.ClH/c18-14-3-6-16-17(10-14)20(8-9-21(16)15-4-5-15)12-13-2-1-7-19-11-13;/h3,6,10,13,15,19H,1-2,4-5,7-9,11-12H2;1H. The zero-order valence-electron chi connectivity index (χ0n) is 12.9. The van der Waals surface area contributed by atoms with Crippen LogP contribution in [0.4, 0.5) is 15.8 Å². The zero-order chi connectivity index (χ0) is 14.2.